The zero-order valence-corrected chi connectivity index (χ0v) is 17.3. The van der Waals surface area contributed by atoms with Gasteiger partial charge in [-0.3, -0.25) is 9.69 Å². The number of carbonyl (C=O) groups excluding carboxylic acids is 1. The molecule has 2 aliphatic rings. The van der Waals surface area contributed by atoms with Crippen LogP contribution in [0.4, 0.5) is 0 Å². The fourth-order valence-corrected chi connectivity index (χ4v) is 5.38. The fourth-order valence-electron chi connectivity index (χ4n) is 3.55. The first-order valence-corrected chi connectivity index (χ1v) is 11.1. The molecule has 1 aliphatic carbocycles. The van der Waals surface area contributed by atoms with Gasteiger partial charge in [0, 0.05) is 40.5 Å². The second kappa shape index (κ2) is 8.44. The van der Waals surface area contributed by atoms with Crippen LogP contribution in [0.1, 0.15) is 29.3 Å². The predicted molar refractivity (Wildman–Crippen MR) is 113 cm³/mol. The molecule has 2 aromatic rings. The monoisotopic (exact) mass is 420 g/mol. The molecule has 0 N–H and O–H groups in total. The quantitative estimate of drug-likeness (QED) is 0.638. The predicted octanol–water partition coefficient (Wildman–Crippen LogP) is 5.23. The normalized spacial score (nSPS) is 19.7. The van der Waals surface area contributed by atoms with E-state index in [-0.39, 0.29) is 11.3 Å². The van der Waals surface area contributed by atoms with Gasteiger partial charge in [0.25, 0.3) is 0 Å². The first-order chi connectivity index (χ1) is 13.1. The van der Waals surface area contributed by atoms with Gasteiger partial charge >= 0.3 is 0 Å². The summed E-state index contributed by atoms with van der Waals surface area (Å²) < 4.78 is 0. The Balaban J connectivity index is 1.47. The van der Waals surface area contributed by atoms with Gasteiger partial charge in [-0.05, 0) is 36.6 Å². The first kappa shape index (κ1) is 19.1. The molecule has 2 aromatic carbocycles. The molecule has 1 amide bonds. The maximum atomic E-state index is 13.1. The molecule has 0 radical (unpaired) electrons. The Labute approximate surface area is 174 Å². The molecule has 27 heavy (non-hydrogen) atoms. The molecule has 0 aromatic heterocycles. The molecular formula is C21H22Cl2N2OS. The molecular weight excluding hydrogens is 399 g/mol. The van der Waals surface area contributed by atoms with Gasteiger partial charge < -0.3 is 4.90 Å². The van der Waals surface area contributed by atoms with Crippen LogP contribution in [0.3, 0.4) is 0 Å². The largest absolute Gasteiger partial charge is 0.325 e. The van der Waals surface area contributed by atoms with Crippen molar-refractivity contribution >= 4 is 40.9 Å². The van der Waals surface area contributed by atoms with E-state index < -0.39 is 0 Å². The summed E-state index contributed by atoms with van der Waals surface area (Å²) in [5.41, 5.74) is 2.18. The zero-order chi connectivity index (χ0) is 18.8. The van der Waals surface area contributed by atoms with Crippen molar-refractivity contribution in [1.29, 1.82) is 0 Å². The third-order valence-corrected chi connectivity index (χ3v) is 6.88. The van der Waals surface area contributed by atoms with Crippen molar-refractivity contribution in [1.82, 2.24) is 9.80 Å². The number of amides is 1. The van der Waals surface area contributed by atoms with E-state index in [0.29, 0.717) is 12.6 Å². The van der Waals surface area contributed by atoms with E-state index in [4.69, 9.17) is 23.2 Å². The lowest BCUT2D eigenvalue weighted by Gasteiger charge is -2.29. The van der Waals surface area contributed by atoms with Gasteiger partial charge in [-0.15, -0.1) is 11.8 Å². The Morgan fingerprint density at radius 2 is 1.96 bits per heavy atom. The number of benzene rings is 2. The maximum Gasteiger partial charge on any atom is 0.237 e. The second-order valence-electron chi connectivity index (χ2n) is 7.10. The summed E-state index contributed by atoms with van der Waals surface area (Å²) in [5, 5.41) is 1.48. The Morgan fingerprint density at radius 1 is 1.15 bits per heavy atom. The molecule has 1 saturated carbocycles. The molecule has 1 atom stereocenters. The highest BCUT2D eigenvalue weighted by Gasteiger charge is 2.35. The number of nitrogens with zero attached hydrogens (tertiary/aromatic N) is 2. The fraction of sp³-hybridized carbons (Fsp3) is 0.381. The first-order valence-electron chi connectivity index (χ1n) is 9.26. The second-order valence-corrected chi connectivity index (χ2v) is 9.13. The number of thioether (sulfide) groups is 1. The summed E-state index contributed by atoms with van der Waals surface area (Å²) in [5.74, 6) is 1.12. The van der Waals surface area contributed by atoms with Crippen molar-refractivity contribution < 1.29 is 4.79 Å². The lowest BCUT2D eigenvalue weighted by Crippen LogP contribution is -2.40. The molecule has 1 unspecified atom stereocenters. The van der Waals surface area contributed by atoms with Crippen LogP contribution in [0.2, 0.25) is 10.0 Å². The molecule has 3 nitrogen and oxygen atoms in total. The average Bonchev–Trinajstić information content (AvgIpc) is 3.38. The van der Waals surface area contributed by atoms with Crippen molar-refractivity contribution in [2.24, 2.45) is 0 Å². The Bertz CT molecular complexity index is 827. The third kappa shape index (κ3) is 4.62. The van der Waals surface area contributed by atoms with Crippen molar-refractivity contribution in [2.45, 2.75) is 30.8 Å². The summed E-state index contributed by atoms with van der Waals surface area (Å²) in [6.07, 6.45) is 2.33. The van der Waals surface area contributed by atoms with Crippen LogP contribution in [0, 0.1) is 0 Å². The average molecular weight is 421 g/mol. The van der Waals surface area contributed by atoms with Crippen molar-refractivity contribution in [2.75, 3.05) is 18.8 Å². The highest BCUT2D eigenvalue weighted by molar-refractivity contribution is 7.99. The minimum atomic E-state index is 0.0124. The van der Waals surface area contributed by atoms with Crippen LogP contribution in [0.25, 0.3) is 0 Å². The number of rotatable bonds is 6. The Kier molecular flexibility index (Phi) is 5.98. The maximum absolute atomic E-state index is 13.1. The summed E-state index contributed by atoms with van der Waals surface area (Å²) in [7, 11) is 0. The van der Waals surface area contributed by atoms with Crippen molar-refractivity contribution in [3.8, 4) is 0 Å². The number of hydrogen-bond acceptors (Lipinski definition) is 3. The van der Waals surface area contributed by atoms with Gasteiger partial charge in [0.05, 0.1) is 6.54 Å². The Hall–Kier alpha value is -1.20. The van der Waals surface area contributed by atoms with Crippen LogP contribution >= 0.6 is 35.0 Å². The van der Waals surface area contributed by atoms with E-state index in [2.05, 4.69) is 11.0 Å². The lowest BCUT2D eigenvalue weighted by molar-refractivity contribution is -0.132. The minimum Gasteiger partial charge on any atom is -0.325 e. The van der Waals surface area contributed by atoms with Crippen LogP contribution in [-0.4, -0.2) is 40.6 Å². The molecule has 1 saturated heterocycles. The molecule has 1 aliphatic heterocycles. The summed E-state index contributed by atoms with van der Waals surface area (Å²) in [6, 6.07) is 16.2. The summed E-state index contributed by atoms with van der Waals surface area (Å²) in [4.78, 5) is 17.4. The van der Waals surface area contributed by atoms with E-state index in [1.54, 1.807) is 11.8 Å². The van der Waals surface area contributed by atoms with Crippen LogP contribution in [0.15, 0.2) is 48.5 Å². The lowest BCUT2D eigenvalue weighted by atomic mass is 10.2. The highest BCUT2D eigenvalue weighted by atomic mass is 35.5. The number of halogens is 2. The molecule has 0 spiro atoms. The van der Waals surface area contributed by atoms with Crippen LogP contribution in [0.5, 0.6) is 0 Å². The molecule has 1 heterocycles. The molecule has 2 fully saturated rings. The van der Waals surface area contributed by atoms with Gasteiger partial charge in [-0.25, -0.2) is 0 Å². The molecule has 4 rings (SSSR count). The third-order valence-electron chi connectivity index (χ3n) is 5.06. The van der Waals surface area contributed by atoms with E-state index in [1.165, 1.54) is 0 Å². The summed E-state index contributed by atoms with van der Waals surface area (Å²) >= 11 is 14.3. The van der Waals surface area contributed by atoms with E-state index in [9.17, 15) is 4.79 Å². The van der Waals surface area contributed by atoms with Crippen LogP contribution < -0.4 is 0 Å². The summed E-state index contributed by atoms with van der Waals surface area (Å²) in [6.45, 7) is 1.97. The molecule has 0 bridgehead atoms. The van der Waals surface area contributed by atoms with Crippen molar-refractivity contribution in [3.05, 3.63) is 69.7 Å². The SMILES string of the molecule is O=C(CN(Cc1cccc(Cl)c1)C1CC1)N1CCSC1c1ccccc1Cl. The highest BCUT2D eigenvalue weighted by Crippen LogP contribution is 2.41. The number of hydrogen-bond donors (Lipinski definition) is 0. The number of carbonyl (C=O) groups is 1. The molecule has 142 valence electrons. The topological polar surface area (TPSA) is 23.6 Å². The van der Waals surface area contributed by atoms with Gasteiger partial charge in [0.2, 0.25) is 5.91 Å². The standard InChI is InChI=1S/C21H22Cl2N2OS/c22-16-5-3-4-15(12-16)13-24(17-8-9-17)14-20(26)25-10-11-27-21(25)18-6-1-2-7-19(18)23/h1-7,12,17,21H,8-11,13-14H2. The van der Waals surface area contributed by atoms with Gasteiger partial charge in [0.1, 0.15) is 5.37 Å². The van der Waals surface area contributed by atoms with Gasteiger partial charge in [-0.1, -0.05) is 53.5 Å². The van der Waals surface area contributed by atoms with Crippen molar-refractivity contribution in [3.63, 3.8) is 0 Å². The van der Waals surface area contributed by atoms with Gasteiger partial charge in [0.15, 0.2) is 0 Å². The molecule has 6 heteroatoms. The smallest absolute Gasteiger partial charge is 0.237 e. The minimum absolute atomic E-state index is 0.0124. The van der Waals surface area contributed by atoms with Gasteiger partial charge in [-0.2, -0.15) is 0 Å². The zero-order valence-electron chi connectivity index (χ0n) is 15.0. The van der Waals surface area contributed by atoms with E-state index in [1.807, 2.05) is 47.4 Å². The van der Waals surface area contributed by atoms with E-state index >= 15 is 0 Å². The van der Waals surface area contributed by atoms with E-state index in [0.717, 1.165) is 52.9 Å². The van der Waals surface area contributed by atoms with Crippen LogP contribution in [-0.2, 0) is 11.3 Å². The Morgan fingerprint density at radius 3 is 2.70 bits per heavy atom.